The van der Waals surface area contributed by atoms with Crippen LogP contribution in [0.1, 0.15) is 65.5 Å². The van der Waals surface area contributed by atoms with Crippen LogP contribution in [0.3, 0.4) is 0 Å². The van der Waals surface area contributed by atoms with E-state index in [0.717, 1.165) is 6.07 Å². The number of ketones is 1. The van der Waals surface area contributed by atoms with Crippen LogP contribution in [-0.4, -0.2) is 64.8 Å². The largest absolute Gasteiger partial charge is 0.504 e. The summed E-state index contributed by atoms with van der Waals surface area (Å²) in [5.74, 6) is -2.00. The molecule has 6 atom stereocenters. The van der Waals surface area contributed by atoms with Gasteiger partial charge in [0.25, 0.3) is 5.91 Å². The molecule has 1 saturated heterocycles. The second-order valence-corrected chi connectivity index (χ2v) is 11.1. The molecule has 1 aliphatic carbocycles. The zero-order valence-corrected chi connectivity index (χ0v) is 23.6. The highest BCUT2D eigenvalue weighted by molar-refractivity contribution is 6.28. The number of fused-ring (bicyclic) bond motifs is 6. The van der Waals surface area contributed by atoms with Gasteiger partial charge in [-0.25, -0.2) is 0 Å². The quantitative estimate of drug-likeness (QED) is 0.414. The Balaban J connectivity index is 1.58. The second-order valence-electron chi connectivity index (χ2n) is 11.1. The minimum Gasteiger partial charge on any atom is -0.504 e. The molecule has 1 fully saturated rings. The Kier molecular flexibility index (Phi) is 6.54. The molecule has 11 heteroatoms. The Bertz CT molecular complexity index is 1660. The van der Waals surface area contributed by atoms with Crippen molar-refractivity contribution < 1.29 is 39.1 Å². The van der Waals surface area contributed by atoms with E-state index in [1.807, 2.05) is 18.7 Å². The number of carbonyl (C=O) groups excluding carboxylic acids is 2. The van der Waals surface area contributed by atoms with Gasteiger partial charge < -0.3 is 40.2 Å². The zero-order chi connectivity index (χ0) is 30.2. The van der Waals surface area contributed by atoms with Crippen molar-refractivity contribution >= 4 is 23.0 Å². The number of hydrogen-bond donors (Lipinski definition) is 4. The van der Waals surface area contributed by atoms with Crippen LogP contribution < -0.4 is 20.8 Å². The molecule has 0 saturated carbocycles. The Labute approximate surface area is 241 Å². The summed E-state index contributed by atoms with van der Waals surface area (Å²) in [6.07, 6.45) is -1.94. The maximum Gasteiger partial charge on any atom is 0.250 e. The number of amides is 1. The number of aliphatic hydroxyl groups is 2. The molecule has 3 aliphatic heterocycles. The molecule has 2 aromatic rings. The highest BCUT2D eigenvalue weighted by atomic mass is 16.7. The summed E-state index contributed by atoms with van der Waals surface area (Å²) in [6, 6.07) is 7.53. The number of allylic oxidation sites excluding steroid dienone is 3. The fourth-order valence-corrected chi connectivity index (χ4v) is 6.78. The van der Waals surface area contributed by atoms with Crippen LogP contribution in [0, 0.1) is 0 Å². The number of aliphatic hydroxyl groups excluding tert-OH is 1. The van der Waals surface area contributed by atoms with Gasteiger partial charge in [-0.15, -0.1) is 0 Å². The minimum atomic E-state index is -2.36. The van der Waals surface area contributed by atoms with Gasteiger partial charge >= 0.3 is 0 Å². The van der Waals surface area contributed by atoms with Crippen LogP contribution in [0.4, 0.5) is 5.69 Å². The Morgan fingerprint density at radius 1 is 1.21 bits per heavy atom. The number of methoxy groups -OCH3 is 1. The summed E-state index contributed by atoms with van der Waals surface area (Å²) >= 11 is 0. The van der Waals surface area contributed by atoms with Crippen molar-refractivity contribution in [2.45, 2.75) is 69.9 Å². The number of aromatic hydroxyl groups is 1. The first kappa shape index (κ1) is 28.1. The van der Waals surface area contributed by atoms with Gasteiger partial charge in [0.15, 0.2) is 28.3 Å². The third kappa shape index (κ3) is 3.64. The number of ether oxygens (including phenoxy) is 3. The molecule has 11 nitrogen and oxygen atoms in total. The van der Waals surface area contributed by atoms with Gasteiger partial charge in [0.2, 0.25) is 6.29 Å². The lowest BCUT2D eigenvalue weighted by Gasteiger charge is -2.44. The molecule has 0 radical (unpaired) electrons. The number of rotatable bonds is 5. The van der Waals surface area contributed by atoms with Crippen molar-refractivity contribution in [1.29, 1.82) is 0 Å². The summed E-state index contributed by atoms with van der Waals surface area (Å²) in [4.78, 5) is 42.0. The first-order valence-electron chi connectivity index (χ1n) is 13.9. The van der Waals surface area contributed by atoms with E-state index in [4.69, 9.17) is 19.9 Å². The third-order valence-electron chi connectivity index (χ3n) is 8.61. The van der Waals surface area contributed by atoms with E-state index in [2.05, 4.69) is 0 Å². The predicted molar refractivity (Wildman–Crippen MR) is 151 cm³/mol. The SMILES string of the molecule is CCCC1=C2C(=O)c3cc(=O)c4c(c(O)c3C2=CC(C)N1c1ccccc1C(N)=O)O[C@@H]1O[C@H](C)[C@@H](OC)[C@@H](O)[C@]41O. The highest BCUT2D eigenvalue weighted by Crippen LogP contribution is 2.55. The molecular weight excluding hydrogens is 544 g/mol. The van der Waals surface area contributed by atoms with Crippen molar-refractivity contribution in [2.75, 3.05) is 12.0 Å². The second kappa shape index (κ2) is 9.77. The predicted octanol–water partition coefficient (Wildman–Crippen LogP) is 2.09. The Hall–Kier alpha value is -4.03. The van der Waals surface area contributed by atoms with Crippen molar-refractivity contribution in [3.05, 3.63) is 80.2 Å². The maximum atomic E-state index is 14.1. The fourth-order valence-electron chi connectivity index (χ4n) is 6.78. The molecule has 220 valence electrons. The minimum absolute atomic E-state index is 0.0642. The number of para-hydroxylation sites is 1. The summed E-state index contributed by atoms with van der Waals surface area (Å²) in [5, 5.41) is 34.5. The van der Waals surface area contributed by atoms with Gasteiger partial charge in [-0.2, -0.15) is 0 Å². The van der Waals surface area contributed by atoms with Gasteiger partial charge in [-0.05, 0) is 44.0 Å². The lowest BCUT2D eigenvalue weighted by atomic mass is 9.82. The van der Waals surface area contributed by atoms with Crippen LogP contribution in [-0.2, 0) is 15.1 Å². The number of carbonyl (C=O) groups is 2. The van der Waals surface area contributed by atoms with Crippen molar-refractivity contribution in [3.63, 3.8) is 0 Å². The van der Waals surface area contributed by atoms with Crippen molar-refractivity contribution in [3.8, 4) is 11.5 Å². The number of hydrogen-bond acceptors (Lipinski definition) is 10. The summed E-state index contributed by atoms with van der Waals surface area (Å²) in [6.45, 7) is 5.46. The molecule has 42 heavy (non-hydrogen) atoms. The average Bonchev–Trinajstić information content (AvgIpc) is 3.35. The van der Waals surface area contributed by atoms with Gasteiger partial charge in [-0.3, -0.25) is 14.4 Å². The van der Waals surface area contributed by atoms with E-state index in [0.29, 0.717) is 35.4 Å². The zero-order valence-electron chi connectivity index (χ0n) is 23.6. The molecule has 5 N–H and O–H groups in total. The Morgan fingerprint density at radius 2 is 1.93 bits per heavy atom. The lowest BCUT2D eigenvalue weighted by Crippen LogP contribution is -2.63. The normalized spacial score (nSPS) is 29.4. The standard InChI is InChI=1S/C31H32N2O9/c1-5-8-19-22-16(11-13(2)33(19)18-10-7-6-9-15(18)29(32)38)21-17(24(22)35)12-20(34)23-27(25(21)36)42-30-31(23,39)28(37)26(40-4)14(3)41-30/h6-7,9-14,26,28,30,36-37,39H,5,8H2,1-4H3,(H2,32,38)/t13?,14-,26-,28-,30+,31-/m1/s1. The number of benzene rings is 1. The van der Waals surface area contributed by atoms with Crippen molar-refractivity contribution in [1.82, 2.24) is 0 Å². The molecule has 0 aromatic heterocycles. The summed E-state index contributed by atoms with van der Waals surface area (Å²) in [5.41, 5.74) is 4.27. The van der Waals surface area contributed by atoms with Gasteiger partial charge in [0, 0.05) is 29.5 Å². The first-order valence-corrected chi connectivity index (χ1v) is 13.9. The van der Waals surface area contributed by atoms with Crippen molar-refractivity contribution in [2.24, 2.45) is 5.73 Å². The van der Waals surface area contributed by atoms with Crippen LogP contribution in [0.5, 0.6) is 11.5 Å². The van der Waals surface area contributed by atoms with Crippen LogP contribution in [0.25, 0.3) is 5.57 Å². The molecule has 0 bridgehead atoms. The molecule has 3 heterocycles. The number of nitrogens with zero attached hydrogens (tertiary/aromatic N) is 1. The van der Waals surface area contributed by atoms with Crippen LogP contribution in [0.15, 0.2) is 52.5 Å². The molecule has 1 amide bonds. The number of anilines is 1. The van der Waals surface area contributed by atoms with Gasteiger partial charge in [0.1, 0.15) is 12.2 Å². The van der Waals surface area contributed by atoms with Crippen LogP contribution >= 0.6 is 0 Å². The highest BCUT2D eigenvalue weighted by Gasteiger charge is 2.63. The number of Topliss-reactive ketones (excluding diaryl/α,β-unsaturated/α-hetero) is 1. The number of nitrogens with two attached hydrogens (primary N) is 1. The van der Waals surface area contributed by atoms with Crippen LogP contribution in [0.2, 0.25) is 0 Å². The molecule has 0 spiro atoms. The van der Waals surface area contributed by atoms with E-state index in [-0.39, 0.29) is 22.4 Å². The topological polar surface area (TPSA) is 169 Å². The van der Waals surface area contributed by atoms with E-state index < -0.39 is 64.7 Å². The maximum absolute atomic E-state index is 14.1. The molecule has 1 unspecified atom stereocenters. The van der Waals surface area contributed by atoms with Gasteiger partial charge in [-0.1, -0.05) is 31.6 Å². The fraction of sp³-hybridized carbons (Fsp3) is 0.387. The van der Waals surface area contributed by atoms with E-state index >= 15 is 0 Å². The smallest absolute Gasteiger partial charge is 0.250 e. The average molecular weight is 577 g/mol. The van der Waals surface area contributed by atoms with E-state index in [1.54, 1.807) is 37.3 Å². The molecular formula is C31H32N2O9. The third-order valence-corrected chi connectivity index (χ3v) is 8.61. The molecule has 4 aliphatic rings. The first-order chi connectivity index (χ1) is 20.0. The number of primary amides is 1. The molecule has 2 aromatic carbocycles. The lowest BCUT2D eigenvalue weighted by molar-refractivity contribution is -0.310. The summed E-state index contributed by atoms with van der Waals surface area (Å²) in [7, 11) is 1.34. The van der Waals surface area contributed by atoms with Gasteiger partial charge in [0.05, 0.1) is 29.0 Å². The molecule has 6 rings (SSSR count). The summed E-state index contributed by atoms with van der Waals surface area (Å²) < 4.78 is 16.9. The monoisotopic (exact) mass is 576 g/mol. The van der Waals surface area contributed by atoms with E-state index in [1.165, 1.54) is 7.11 Å². The Morgan fingerprint density at radius 3 is 2.60 bits per heavy atom. The van der Waals surface area contributed by atoms with E-state index in [9.17, 15) is 29.7 Å².